The van der Waals surface area contributed by atoms with Gasteiger partial charge in [-0.15, -0.1) is 11.8 Å². The summed E-state index contributed by atoms with van der Waals surface area (Å²) in [4.78, 5) is 36.2. The van der Waals surface area contributed by atoms with E-state index in [1.54, 1.807) is 30.3 Å². The largest absolute Gasteiger partial charge is 0.455 e. The highest BCUT2D eigenvalue weighted by atomic mass is 79.9. The molecule has 28 heavy (non-hydrogen) atoms. The number of nitrogens with one attached hydrogen (secondary N) is 2. The summed E-state index contributed by atoms with van der Waals surface area (Å²) in [7, 11) is 0. The van der Waals surface area contributed by atoms with Crippen LogP contribution in [0.2, 0.25) is 5.02 Å². The summed E-state index contributed by atoms with van der Waals surface area (Å²) in [6.07, 6.45) is 0. The van der Waals surface area contributed by atoms with E-state index >= 15 is 0 Å². The average Bonchev–Trinajstić information content (AvgIpc) is 2.66. The standard InChI is InChI=1S/C19H18BrClN2O4S/c1-12-8-13(20)2-7-16(12)23-17(24)9-22-18(25)10-27-19(26)11-28-15-5-3-14(21)4-6-15/h2-8H,9-11H2,1H3,(H,22,25)(H,23,24). The van der Waals surface area contributed by atoms with Crippen LogP contribution in [-0.4, -0.2) is 36.7 Å². The zero-order chi connectivity index (χ0) is 20.5. The van der Waals surface area contributed by atoms with Crippen molar-refractivity contribution >= 4 is 62.8 Å². The second-order valence-corrected chi connectivity index (χ2v) is 8.09. The highest BCUT2D eigenvalue weighted by Crippen LogP contribution is 2.21. The SMILES string of the molecule is Cc1cc(Br)ccc1NC(=O)CNC(=O)COC(=O)CSc1ccc(Cl)cc1. The first-order valence-corrected chi connectivity index (χ1v) is 10.4. The number of halogens is 2. The molecular weight excluding hydrogens is 468 g/mol. The summed E-state index contributed by atoms with van der Waals surface area (Å²) in [5, 5.41) is 5.73. The summed E-state index contributed by atoms with van der Waals surface area (Å²) in [5.74, 6) is -1.38. The highest BCUT2D eigenvalue weighted by Gasteiger charge is 2.11. The fraction of sp³-hybridized carbons (Fsp3) is 0.211. The van der Waals surface area contributed by atoms with Crippen LogP contribution in [0.3, 0.4) is 0 Å². The molecule has 0 aliphatic heterocycles. The Morgan fingerprint density at radius 1 is 1.11 bits per heavy atom. The molecule has 6 nitrogen and oxygen atoms in total. The van der Waals surface area contributed by atoms with Gasteiger partial charge in [0.2, 0.25) is 5.91 Å². The molecule has 2 aromatic rings. The number of benzene rings is 2. The molecule has 0 bridgehead atoms. The van der Waals surface area contributed by atoms with Crippen LogP contribution < -0.4 is 10.6 Å². The van der Waals surface area contributed by atoms with Gasteiger partial charge in [-0.1, -0.05) is 27.5 Å². The van der Waals surface area contributed by atoms with Crippen molar-refractivity contribution in [3.63, 3.8) is 0 Å². The zero-order valence-electron chi connectivity index (χ0n) is 15.0. The Hall–Kier alpha value is -2.03. The van der Waals surface area contributed by atoms with E-state index < -0.39 is 18.5 Å². The molecule has 0 radical (unpaired) electrons. The minimum atomic E-state index is -0.549. The van der Waals surface area contributed by atoms with Gasteiger partial charge in [-0.05, 0) is 55.0 Å². The number of hydrogen-bond acceptors (Lipinski definition) is 5. The molecule has 2 aromatic carbocycles. The number of esters is 1. The monoisotopic (exact) mass is 484 g/mol. The number of amides is 2. The summed E-state index contributed by atoms with van der Waals surface area (Å²) in [5.41, 5.74) is 1.55. The van der Waals surface area contributed by atoms with Crippen LogP contribution in [0.25, 0.3) is 0 Å². The Balaban J connectivity index is 1.65. The lowest BCUT2D eigenvalue weighted by Gasteiger charge is -2.10. The van der Waals surface area contributed by atoms with Crippen molar-refractivity contribution in [3.8, 4) is 0 Å². The van der Waals surface area contributed by atoms with E-state index in [9.17, 15) is 14.4 Å². The number of carbonyl (C=O) groups is 3. The Morgan fingerprint density at radius 3 is 2.50 bits per heavy atom. The number of rotatable bonds is 8. The molecule has 0 unspecified atom stereocenters. The third-order valence-corrected chi connectivity index (χ3v) is 5.17. The maximum absolute atomic E-state index is 11.9. The summed E-state index contributed by atoms with van der Waals surface area (Å²) >= 11 is 10.4. The molecule has 9 heteroatoms. The first kappa shape index (κ1) is 22.3. The molecule has 0 saturated heterocycles. The van der Waals surface area contributed by atoms with E-state index in [0.717, 1.165) is 14.9 Å². The number of hydrogen-bond donors (Lipinski definition) is 2. The highest BCUT2D eigenvalue weighted by molar-refractivity contribution is 9.10. The predicted octanol–water partition coefficient (Wildman–Crippen LogP) is 3.80. The van der Waals surface area contributed by atoms with E-state index in [1.165, 1.54) is 11.8 Å². The van der Waals surface area contributed by atoms with Gasteiger partial charge in [-0.2, -0.15) is 0 Å². The molecule has 0 spiro atoms. The van der Waals surface area contributed by atoms with Crippen LogP contribution in [0.15, 0.2) is 51.8 Å². The Morgan fingerprint density at radius 2 is 1.82 bits per heavy atom. The number of thioether (sulfide) groups is 1. The summed E-state index contributed by atoms with van der Waals surface area (Å²) in [6, 6.07) is 12.5. The Kier molecular flexibility index (Phi) is 8.82. The number of aryl methyl sites for hydroxylation is 1. The van der Waals surface area contributed by atoms with Crippen LogP contribution in [-0.2, 0) is 19.1 Å². The zero-order valence-corrected chi connectivity index (χ0v) is 18.1. The Bertz CT molecular complexity index is 862. The molecule has 2 N–H and O–H groups in total. The maximum atomic E-state index is 11.9. The molecule has 0 aliphatic carbocycles. The third-order valence-electron chi connectivity index (χ3n) is 3.44. The van der Waals surface area contributed by atoms with Gasteiger partial charge in [-0.3, -0.25) is 14.4 Å². The van der Waals surface area contributed by atoms with Gasteiger partial charge in [0.15, 0.2) is 6.61 Å². The lowest BCUT2D eigenvalue weighted by atomic mass is 10.2. The van der Waals surface area contributed by atoms with Crippen LogP contribution in [0.1, 0.15) is 5.56 Å². The summed E-state index contributed by atoms with van der Waals surface area (Å²) in [6.45, 7) is 1.20. The van der Waals surface area contributed by atoms with Crippen molar-refractivity contribution in [2.75, 3.05) is 24.2 Å². The molecule has 0 atom stereocenters. The predicted molar refractivity (Wildman–Crippen MR) is 114 cm³/mol. The third kappa shape index (κ3) is 7.92. The van der Waals surface area contributed by atoms with Gasteiger partial charge < -0.3 is 15.4 Å². The van der Waals surface area contributed by atoms with Gasteiger partial charge in [0.1, 0.15) is 0 Å². The topological polar surface area (TPSA) is 84.5 Å². The van der Waals surface area contributed by atoms with Gasteiger partial charge in [0.05, 0.1) is 12.3 Å². The average molecular weight is 486 g/mol. The second-order valence-electron chi connectivity index (χ2n) is 5.69. The molecule has 2 rings (SSSR count). The lowest BCUT2D eigenvalue weighted by Crippen LogP contribution is -2.35. The van der Waals surface area contributed by atoms with Crippen molar-refractivity contribution in [2.45, 2.75) is 11.8 Å². The van der Waals surface area contributed by atoms with Crippen molar-refractivity contribution < 1.29 is 19.1 Å². The maximum Gasteiger partial charge on any atom is 0.316 e. The number of ether oxygens (including phenoxy) is 1. The molecule has 0 fully saturated rings. The van der Waals surface area contributed by atoms with Crippen molar-refractivity contribution in [1.29, 1.82) is 0 Å². The Labute approximate surface area is 180 Å². The van der Waals surface area contributed by atoms with Crippen molar-refractivity contribution in [3.05, 3.63) is 57.5 Å². The molecule has 2 amide bonds. The fourth-order valence-corrected chi connectivity index (χ4v) is 3.35. The first-order valence-electron chi connectivity index (χ1n) is 8.20. The molecule has 0 aromatic heterocycles. The molecular formula is C19H18BrClN2O4S. The number of anilines is 1. The van der Waals surface area contributed by atoms with Crippen LogP contribution in [0, 0.1) is 6.92 Å². The van der Waals surface area contributed by atoms with Gasteiger partial charge in [0, 0.05) is 20.1 Å². The molecule has 0 aliphatic rings. The smallest absolute Gasteiger partial charge is 0.316 e. The van der Waals surface area contributed by atoms with Crippen molar-refractivity contribution in [1.82, 2.24) is 5.32 Å². The first-order chi connectivity index (χ1) is 13.3. The van der Waals surface area contributed by atoms with Gasteiger partial charge in [-0.25, -0.2) is 0 Å². The van der Waals surface area contributed by atoms with E-state index in [1.807, 2.05) is 19.1 Å². The molecule has 0 heterocycles. The van der Waals surface area contributed by atoms with Crippen LogP contribution in [0.4, 0.5) is 5.69 Å². The van der Waals surface area contributed by atoms with Crippen molar-refractivity contribution in [2.24, 2.45) is 0 Å². The molecule has 148 valence electrons. The van der Waals surface area contributed by atoms with E-state index in [2.05, 4.69) is 26.6 Å². The number of carbonyl (C=O) groups excluding carboxylic acids is 3. The minimum absolute atomic E-state index is 0.0677. The van der Waals surface area contributed by atoms with E-state index in [0.29, 0.717) is 10.7 Å². The minimum Gasteiger partial charge on any atom is -0.455 e. The van der Waals surface area contributed by atoms with Crippen LogP contribution >= 0.6 is 39.3 Å². The van der Waals surface area contributed by atoms with E-state index in [-0.39, 0.29) is 18.2 Å². The van der Waals surface area contributed by atoms with Gasteiger partial charge >= 0.3 is 5.97 Å². The lowest BCUT2D eigenvalue weighted by molar-refractivity contribution is -0.146. The van der Waals surface area contributed by atoms with Gasteiger partial charge in [0.25, 0.3) is 5.91 Å². The molecule has 0 saturated carbocycles. The summed E-state index contributed by atoms with van der Waals surface area (Å²) < 4.78 is 5.81. The second kappa shape index (κ2) is 11.1. The quantitative estimate of drug-likeness (QED) is 0.439. The van der Waals surface area contributed by atoms with E-state index in [4.69, 9.17) is 16.3 Å². The fourth-order valence-electron chi connectivity index (χ4n) is 2.05. The normalized spacial score (nSPS) is 10.2. The van der Waals surface area contributed by atoms with Crippen LogP contribution in [0.5, 0.6) is 0 Å².